The van der Waals surface area contributed by atoms with E-state index in [9.17, 15) is 14.7 Å². The highest BCUT2D eigenvalue weighted by molar-refractivity contribution is 7.20. The quantitative estimate of drug-likeness (QED) is 0.724. The fourth-order valence-corrected chi connectivity index (χ4v) is 4.82. The van der Waals surface area contributed by atoms with Crippen molar-refractivity contribution in [3.63, 3.8) is 0 Å². The molecule has 24 heavy (non-hydrogen) atoms. The number of nitrogens with zero attached hydrogens (tertiary/aromatic N) is 2. The molecule has 7 heteroatoms. The highest BCUT2D eigenvalue weighted by Crippen LogP contribution is 2.38. The molecular formula is C17H18N2O3S2. The van der Waals surface area contributed by atoms with Gasteiger partial charge in [-0.2, -0.15) is 0 Å². The molecule has 0 amide bonds. The lowest BCUT2D eigenvalue weighted by molar-refractivity contribution is -0.137. The van der Waals surface area contributed by atoms with Gasteiger partial charge in [0, 0.05) is 21.7 Å². The minimum atomic E-state index is -1.03. The van der Waals surface area contributed by atoms with Crippen LogP contribution in [0.2, 0.25) is 0 Å². The van der Waals surface area contributed by atoms with Crippen LogP contribution in [0.3, 0.4) is 0 Å². The Hall–Kier alpha value is -1.99. The number of carboxylic acids is 1. The van der Waals surface area contributed by atoms with Crippen molar-refractivity contribution in [1.29, 1.82) is 0 Å². The van der Waals surface area contributed by atoms with Crippen molar-refractivity contribution in [3.05, 3.63) is 38.6 Å². The van der Waals surface area contributed by atoms with Crippen LogP contribution in [0.4, 0.5) is 0 Å². The van der Waals surface area contributed by atoms with Crippen molar-refractivity contribution >= 4 is 38.9 Å². The molecule has 0 aliphatic heterocycles. The first kappa shape index (κ1) is 16.9. The Morgan fingerprint density at radius 2 is 2.17 bits per heavy atom. The molecule has 5 nitrogen and oxygen atoms in total. The first-order chi connectivity index (χ1) is 11.6. The minimum Gasteiger partial charge on any atom is -0.480 e. The number of carboxylic acid groups (broad SMARTS) is 1. The standard InChI is InChI=1S/C17H18N2O3S2/c1-3-6-12-18-16-15(17(22)19(12)9-13(20)21)14(10(4-2)24-16)11-7-5-8-23-11/h5,7-8H,3-4,6,9H2,1-2H3,(H,20,21). The summed E-state index contributed by atoms with van der Waals surface area (Å²) in [5.74, 6) is -0.474. The van der Waals surface area contributed by atoms with E-state index in [1.807, 2.05) is 24.4 Å². The summed E-state index contributed by atoms with van der Waals surface area (Å²) in [6.07, 6.45) is 2.21. The smallest absolute Gasteiger partial charge is 0.323 e. The van der Waals surface area contributed by atoms with Crippen LogP contribution in [-0.2, 0) is 24.2 Å². The van der Waals surface area contributed by atoms with E-state index in [2.05, 4.69) is 11.9 Å². The molecular weight excluding hydrogens is 344 g/mol. The van der Waals surface area contributed by atoms with Crippen molar-refractivity contribution < 1.29 is 9.90 Å². The van der Waals surface area contributed by atoms with E-state index in [1.165, 1.54) is 15.9 Å². The molecule has 3 aromatic heterocycles. The molecule has 0 spiro atoms. The van der Waals surface area contributed by atoms with Gasteiger partial charge < -0.3 is 5.11 Å². The van der Waals surface area contributed by atoms with Gasteiger partial charge in [-0.1, -0.05) is 19.9 Å². The van der Waals surface area contributed by atoms with Gasteiger partial charge in [0.05, 0.1) is 5.39 Å². The maximum absolute atomic E-state index is 13.1. The third kappa shape index (κ3) is 2.89. The van der Waals surface area contributed by atoms with Gasteiger partial charge in [-0.05, 0) is 24.3 Å². The van der Waals surface area contributed by atoms with Crippen LogP contribution in [0.15, 0.2) is 22.3 Å². The number of carbonyl (C=O) groups is 1. The van der Waals surface area contributed by atoms with Gasteiger partial charge in [0.15, 0.2) is 0 Å². The zero-order chi connectivity index (χ0) is 17.3. The zero-order valence-corrected chi connectivity index (χ0v) is 15.2. The predicted octanol–water partition coefficient (Wildman–Crippen LogP) is 3.79. The third-order valence-corrected chi connectivity index (χ3v) is 5.93. The summed E-state index contributed by atoms with van der Waals surface area (Å²) in [4.78, 5) is 31.8. The lowest BCUT2D eigenvalue weighted by atomic mass is 10.1. The molecule has 1 N–H and O–H groups in total. The lowest BCUT2D eigenvalue weighted by Gasteiger charge is -2.10. The molecule has 0 bridgehead atoms. The zero-order valence-electron chi connectivity index (χ0n) is 13.5. The molecule has 0 aliphatic rings. The van der Waals surface area contributed by atoms with Crippen molar-refractivity contribution in [3.8, 4) is 10.4 Å². The molecule has 0 fully saturated rings. The Kier molecular flexibility index (Phi) is 4.82. The summed E-state index contributed by atoms with van der Waals surface area (Å²) in [6.45, 7) is 3.70. The Labute approximate surface area is 147 Å². The van der Waals surface area contributed by atoms with Gasteiger partial charge in [-0.25, -0.2) is 4.98 Å². The van der Waals surface area contributed by atoms with Gasteiger partial charge in [0.1, 0.15) is 17.2 Å². The van der Waals surface area contributed by atoms with Gasteiger partial charge in [-0.15, -0.1) is 22.7 Å². The number of rotatable bonds is 6. The molecule has 0 atom stereocenters. The molecule has 3 heterocycles. The Balaban J connectivity index is 2.36. The highest BCUT2D eigenvalue weighted by atomic mass is 32.1. The molecule has 3 rings (SSSR count). The van der Waals surface area contributed by atoms with Crippen molar-refractivity contribution in [2.75, 3.05) is 0 Å². The van der Waals surface area contributed by atoms with Crippen LogP contribution in [0.25, 0.3) is 20.7 Å². The third-order valence-electron chi connectivity index (χ3n) is 3.82. The maximum Gasteiger partial charge on any atom is 0.323 e. The second-order valence-electron chi connectivity index (χ2n) is 5.47. The normalized spacial score (nSPS) is 11.2. The SMILES string of the molecule is CCCc1nc2sc(CC)c(-c3cccs3)c2c(=O)n1CC(=O)O. The average molecular weight is 362 g/mol. The minimum absolute atomic E-state index is 0.245. The van der Waals surface area contributed by atoms with Crippen molar-refractivity contribution in [2.45, 2.75) is 39.7 Å². The summed E-state index contributed by atoms with van der Waals surface area (Å²) < 4.78 is 1.32. The number of hydrogen-bond donors (Lipinski definition) is 1. The first-order valence-electron chi connectivity index (χ1n) is 7.87. The summed E-state index contributed by atoms with van der Waals surface area (Å²) in [6, 6.07) is 3.95. The average Bonchev–Trinajstić information content (AvgIpc) is 3.17. The van der Waals surface area contributed by atoms with Crippen molar-refractivity contribution in [2.24, 2.45) is 0 Å². The fraction of sp³-hybridized carbons (Fsp3) is 0.353. The Morgan fingerprint density at radius 1 is 1.38 bits per heavy atom. The van der Waals surface area contributed by atoms with Crippen LogP contribution < -0.4 is 5.56 Å². The largest absolute Gasteiger partial charge is 0.480 e. The predicted molar refractivity (Wildman–Crippen MR) is 98.2 cm³/mol. The molecule has 126 valence electrons. The number of aryl methyl sites for hydroxylation is 2. The van der Waals surface area contributed by atoms with E-state index < -0.39 is 5.97 Å². The van der Waals surface area contributed by atoms with Gasteiger partial charge >= 0.3 is 5.97 Å². The van der Waals surface area contributed by atoms with Crippen LogP contribution in [0.1, 0.15) is 31.0 Å². The summed E-state index contributed by atoms with van der Waals surface area (Å²) >= 11 is 3.12. The van der Waals surface area contributed by atoms with Crippen LogP contribution in [0, 0.1) is 0 Å². The monoisotopic (exact) mass is 362 g/mol. The van der Waals surface area contributed by atoms with E-state index in [0.29, 0.717) is 22.5 Å². The van der Waals surface area contributed by atoms with Gasteiger partial charge in [-0.3, -0.25) is 14.2 Å². The van der Waals surface area contributed by atoms with Crippen LogP contribution in [-0.4, -0.2) is 20.6 Å². The molecule has 0 aliphatic carbocycles. The number of aliphatic carboxylic acids is 1. The van der Waals surface area contributed by atoms with Crippen LogP contribution in [0.5, 0.6) is 0 Å². The molecule has 0 saturated carbocycles. The number of hydrogen-bond acceptors (Lipinski definition) is 5. The number of aromatic nitrogens is 2. The number of thiophene rings is 2. The van der Waals surface area contributed by atoms with Crippen molar-refractivity contribution in [1.82, 2.24) is 9.55 Å². The molecule has 0 aromatic carbocycles. The number of fused-ring (bicyclic) bond motifs is 1. The summed E-state index contributed by atoms with van der Waals surface area (Å²) in [7, 11) is 0. The fourth-order valence-electron chi connectivity index (χ4n) is 2.82. The van der Waals surface area contributed by atoms with E-state index in [4.69, 9.17) is 0 Å². The lowest BCUT2D eigenvalue weighted by Crippen LogP contribution is -2.28. The topological polar surface area (TPSA) is 72.2 Å². The summed E-state index contributed by atoms with van der Waals surface area (Å²) in [5.41, 5.74) is 0.678. The Bertz CT molecular complexity index is 939. The second kappa shape index (κ2) is 6.86. The second-order valence-corrected chi connectivity index (χ2v) is 7.51. The van der Waals surface area contributed by atoms with E-state index in [1.54, 1.807) is 11.3 Å². The van der Waals surface area contributed by atoms with Gasteiger partial charge in [0.25, 0.3) is 5.56 Å². The Morgan fingerprint density at radius 3 is 2.75 bits per heavy atom. The highest BCUT2D eigenvalue weighted by Gasteiger charge is 2.21. The molecule has 3 aromatic rings. The first-order valence-corrected chi connectivity index (χ1v) is 9.57. The van der Waals surface area contributed by atoms with E-state index in [-0.39, 0.29) is 12.1 Å². The molecule has 0 radical (unpaired) electrons. The summed E-state index contributed by atoms with van der Waals surface area (Å²) in [5, 5.41) is 11.7. The van der Waals surface area contributed by atoms with Crippen LogP contribution >= 0.6 is 22.7 Å². The van der Waals surface area contributed by atoms with Gasteiger partial charge in [0.2, 0.25) is 0 Å². The molecule has 0 saturated heterocycles. The van der Waals surface area contributed by atoms with E-state index >= 15 is 0 Å². The van der Waals surface area contributed by atoms with E-state index in [0.717, 1.165) is 28.2 Å². The maximum atomic E-state index is 13.1. The molecule has 0 unspecified atom stereocenters.